The van der Waals surface area contributed by atoms with Crippen LogP contribution in [-0.2, 0) is 21.7 Å². The fraction of sp³-hybridized carbons (Fsp3) is 0.412. The summed E-state index contributed by atoms with van der Waals surface area (Å²) in [4.78, 5) is 3.08. The van der Waals surface area contributed by atoms with Crippen molar-refractivity contribution in [2.75, 3.05) is 20.3 Å². The van der Waals surface area contributed by atoms with Gasteiger partial charge in [-0.2, -0.15) is 0 Å². The quantitative estimate of drug-likeness (QED) is 0.764. The molecule has 0 saturated carbocycles. The van der Waals surface area contributed by atoms with E-state index in [4.69, 9.17) is 18.6 Å². The second-order valence-corrected chi connectivity index (χ2v) is 6.08. The Hall–Kier alpha value is -2.45. The van der Waals surface area contributed by atoms with Crippen LogP contribution in [0.15, 0.2) is 22.6 Å². The highest BCUT2D eigenvalue weighted by Gasteiger charge is 2.42. The molecule has 0 bridgehead atoms. The number of aryl methyl sites for hydroxylation is 1. The number of fused-ring (bicyclic) bond motifs is 1. The number of aromatic amines is 1. The van der Waals surface area contributed by atoms with E-state index in [9.17, 15) is 4.39 Å². The highest BCUT2D eigenvalue weighted by Crippen LogP contribution is 2.33. The van der Waals surface area contributed by atoms with Crippen LogP contribution in [0.2, 0.25) is 0 Å². The van der Waals surface area contributed by atoms with E-state index in [0.717, 1.165) is 11.2 Å². The summed E-state index contributed by atoms with van der Waals surface area (Å²) in [6.45, 7) is 2.78. The highest BCUT2D eigenvalue weighted by molar-refractivity contribution is 5.82. The highest BCUT2D eigenvalue weighted by atomic mass is 19.1. The largest absolute Gasteiger partial charge is 0.481 e. The maximum absolute atomic E-state index is 14.5. The number of aromatic nitrogens is 3. The zero-order valence-corrected chi connectivity index (χ0v) is 14.0. The van der Waals surface area contributed by atoms with Gasteiger partial charge in [-0.05, 0) is 25.1 Å². The summed E-state index contributed by atoms with van der Waals surface area (Å²) in [6, 6.07) is 5.09. The first-order valence-corrected chi connectivity index (χ1v) is 7.98. The Morgan fingerprint density at radius 2 is 2.24 bits per heavy atom. The summed E-state index contributed by atoms with van der Waals surface area (Å²) >= 11 is 0. The molecule has 0 spiro atoms. The molecule has 0 aliphatic carbocycles. The molecule has 1 unspecified atom stereocenters. The smallest absolute Gasteiger partial charge is 0.254 e. The fourth-order valence-electron chi connectivity index (χ4n) is 3.00. The molecule has 1 aliphatic heterocycles. The van der Waals surface area contributed by atoms with Crippen LogP contribution in [0.25, 0.3) is 10.9 Å². The first-order valence-electron chi connectivity index (χ1n) is 7.98. The van der Waals surface area contributed by atoms with Crippen molar-refractivity contribution in [3.8, 4) is 5.75 Å². The van der Waals surface area contributed by atoms with Crippen molar-refractivity contribution in [1.82, 2.24) is 15.2 Å². The van der Waals surface area contributed by atoms with Gasteiger partial charge in [-0.25, -0.2) is 4.39 Å². The van der Waals surface area contributed by atoms with Gasteiger partial charge in [-0.15, -0.1) is 10.2 Å². The monoisotopic (exact) mass is 347 g/mol. The Morgan fingerprint density at radius 1 is 1.36 bits per heavy atom. The van der Waals surface area contributed by atoms with E-state index in [0.29, 0.717) is 30.9 Å². The van der Waals surface area contributed by atoms with E-state index in [1.54, 1.807) is 25.3 Å². The Balaban J connectivity index is 1.51. The Bertz CT molecular complexity index is 899. The maximum atomic E-state index is 14.5. The van der Waals surface area contributed by atoms with Crippen LogP contribution in [0.3, 0.4) is 0 Å². The number of methoxy groups -OCH3 is 1. The summed E-state index contributed by atoms with van der Waals surface area (Å²) < 4.78 is 36.5. The van der Waals surface area contributed by atoms with Crippen LogP contribution in [0.5, 0.6) is 5.75 Å². The van der Waals surface area contributed by atoms with Gasteiger partial charge in [-0.3, -0.25) is 0 Å². The normalized spacial score (nSPS) is 20.4. The van der Waals surface area contributed by atoms with E-state index in [-0.39, 0.29) is 18.2 Å². The number of benzene rings is 1. The third kappa shape index (κ3) is 2.77. The minimum atomic E-state index is -0.710. The summed E-state index contributed by atoms with van der Waals surface area (Å²) in [5, 5.41) is 8.48. The van der Waals surface area contributed by atoms with Crippen molar-refractivity contribution in [3.05, 3.63) is 41.5 Å². The Morgan fingerprint density at radius 3 is 3.00 bits per heavy atom. The summed E-state index contributed by atoms with van der Waals surface area (Å²) in [5.41, 5.74) is 0.903. The lowest BCUT2D eigenvalue weighted by Crippen LogP contribution is -2.29. The number of nitrogens with one attached hydrogen (secondary N) is 1. The topological polar surface area (TPSA) is 82.4 Å². The van der Waals surface area contributed by atoms with Gasteiger partial charge in [-0.1, -0.05) is 0 Å². The number of rotatable bonds is 5. The Labute approximate surface area is 143 Å². The minimum absolute atomic E-state index is 0.0283. The number of hydrogen-bond donors (Lipinski definition) is 1. The Kier molecular flexibility index (Phi) is 3.93. The molecule has 3 aromatic rings. The van der Waals surface area contributed by atoms with Gasteiger partial charge in [0.25, 0.3) is 11.8 Å². The number of ether oxygens (including phenoxy) is 3. The molecule has 2 aromatic heterocycles. The second kappa shape index (κ2) is 6.12. The van der Waals surface area contributed by atoms with Crippen LogP contribution in [0.4, 0.5) is 4.39 Å². The van der Waals surface area contributed by atoms with Crippen LogP contribution in [-0.4, -0.2) is 35.5 Å². The van der Waals surface area contributed by atoms with Crippen molar-refractivity contribution < 1.29 is 23.0 Å². The number of halogens is 1. The van der Waals surface area contributed by atoms with Gasteiger partial charge in [0.05, 0.1) is 13.2 Å². The van der Waals surface area contributed by atoms with Crippen molar-refractivity contribution in [3.63, 3.8) is 0 Å². The van der Waals surface area contributed by atoms with Crippen LogP contribution in [0, 0.1) is 12.7 Å². The molecule has 4 rings (SSSR count). The molecule has 1 aromatic carbocycles. The molecule has 1 saturated heterocycles. The first kappa shape index (κ1) is 16.0. The molecule has 1 aliphatic rings. The van der Waals surface area contributed by atoms with Gasteiger partial charge >= 0.3 is 0 Å². The molecular weight excluding hydrogens is 329 g/mol. The van der Waals surface area contributed by atoms with Gasteiger partial charge in [0, 0.05) is 30.1 Å². The molecule has 1 atom stereocenters. The second-order valence-electron chi connectivity index (χ2n) is 6.08. The summed E-state index contributed by atoms with van der Waals surface area (Å²) in [7, 11) is 1.58. The lowest BCUT2D eigenvalue weighted by Gasteiger charge is -2.20. The molecule has 132 valence electrons. The van der Waals surface area contributed by atoms with Gasteiger partial charge < -0.3 is 23.6 Å². The molecule has 0 radical (unpaired) electrons. The molecule has 3 heterocycles. The van der Waals surface area contributed by atoms with E-state index in [2.05, 4.69) is 15.2 Å². The minimum Gasteiger partial charge on any atom is -0.481 e. The molecule has 1 N–H and O–H groups in total. The zero-order valence-electron chi connectivity index (χ0n) is 14.0. The molecular formula is C17H18FN3O4. The molecule has 8 heteroatoms. The fourth-order valence-corrected chi connectivity index (χ4v) is 3.00. The van der Waals surface area contributed by atoms with Crippen LogP contribution >= 0.6 is 0 Å². The van der Waals surface area contributed by atoms with E-state index < -0.39 is 11.4 Å². The molecule has 25 heavy (non-hydrogen) atoms. The summed E-state index contributed by atoms with van der Waals surface area (Å²) in [5.74, 6) is 0.322. The third-order valence-corrected chi connectivity index (χ3v) is 4.42. The van der Waals surface area contributed by atoms with Gasteiger partial charge in [0.1, 0.15) is 0 Å². The van der Waals surface area contributed by atoms with Crippen LogP contribution < -0.4 is 4.74 Å². The number of hydrogen-bond acceptors (Lipinski definition) is 6. The van der Waals surface area contributed by atoms with Crippen molar-refractivity contribution >= 4 is 10.9 Å². The predicted octanol–water partition coefficient (Wildman–Crippen LogP) is 2.84. The van der Waals surface area contributed by atoms with Crippen molar-refractivity contribution in [2.45, 2.75) is 25.6 Å². The van der Waals surface area contributed by atoms with E-state index in [1.165, 1.54) is 0 Å². The van der Waals surface area contributed by atoms with E-state index in [1.807, 2.05) is 6.92 Å². The van der Waals surface area contributed by atoms with Gasteiger partial charge in [0.15, 0.2) is 23.8 Å². The van der Waals surface area contributed by atoms with Gasteiger partial charge in [0.2, 0.25) is 0 Å². The zero-order chi connectivity index (χ0) is 17.4. The molecule has 0 amide bonds. The number of nitrogens with zero attached hydrogens (tertiary/aromatic N) is 2. The van der Waals surface area contributed by atoms with E-state index >= 15 is 0 Å². The maximum Gasteiger partial charge on any atom is 0.254 e. The lowest BCUT2D eigenvalue weighted by molar-refractivity contribution is -0.0421. The third-order valence-electron chi connectivity index (χ3n) is 4.42. The predicted molar refractivity (Wildman–Crippen MR) is 85.7 cm³/mol. The van der Waals surface area contributed by atoms with Crippen LogP contribution in [0.1, 0.15) is 23.9 Å². The molecule has 1 fully saturated rings. The SMILES string of the molecule is COC1(c2nnc(COc3ccc4[nH]c(C)cc4c3F)o2)CCOC1. The first-order chi connectivity index (χ1) is 12.1. The lowest BCUT2D eigenvalue weighted by atomic mass is 10.0. The average Bonchev–Trinajstić information content (AvgIpc) is 3.33. The standard InChI is InChI=1S/C17H18FN3O4/c1-10-7-11-12(19-10)3-4-13(15(11)18)24-8-14-20-21-16(25-14)17(22-2)5-6-23-9-17/h3-4,7,19H,5-6,8-9H2,1-2H3. The average molecular weight is 347 g/mol. The number of H-pyrrole nitrogens is 1. The van der Waals surface area contributed by atoms with Crippen molar-refractivity contribution in [1.29, 1.82) is 0 Å². The van der Waals surface area contributed by atoms with Crippen molar-refractivity contribution in [2.24, 2.45) is 0 Å². The summed E-state index contributed by atoms with van der Waals surface area (Å²) in [6.07, 6.45) is 0.643. The molecule has 7 nitrogen and oxygen atoms in total.